The molecule has 0 radical (unpaired) electrons. The van der Waals surface area contributed by atoms with Gasteiger partial charge in [0.2, 0.25) is 5.78 Å². The van der Waals surface area contributed by atoms with Crippen molar-refractivity contribution in [2.75, 3.05) is 0 Å². The number of fused-ring (bicyclic) bond motifs is 1. The Morgan fingerprint density at radius 1 is 1.32 bits per heavy atom. The van der Waals surface area contributed by atoms with Crippen molar-refractivity contribution in [3.63, 3.8) is 0 Å². The predicted octanol–water partition coefficient (Wildman–Crippen LogP) is 3.46. The third kappa shape index (κ3) is 4.61. The molecule has 2 aliphatic rings. The number of Topliss-reactive ketones (excluding diaryl/α,β-unsaturated/α-hetero) is 1. The number of ketones is 1. The van der Waals surface area contributed by atoms with E-state index in [-0.39, 0.29) is 11.9 Å². The van der Waals surface area contributed by atoms with Gasteiger partial charge in [0.15, 0.2) is 11.7 Å². The second-order valence-electron chi connectivity index (χ2n) is 7.91. The molecule has 0 spiro atoms. The third-order valence-electron chi connectivity index (χ3n) is 5.45. The molecule has 1 aliphatic carbocycles. The monoisotopic (exact) mass is 390 g/mol. The number of hydrogen-bond acceptors (Lipinski definition) is 6. The Morgan fingerprint density at radius 3 is 2.50 bits per heavy atom. The highest BCUT2D eigenvalue weighted by Crippen LogP contribution is 2.50. The first-order valence-electron chi connectivity index (χ1n) is 9.56. The molecule has 154 valence electrons. The second kappa shape index (κ2) is 8.43. The van der Waals surface area contributed by atoms with Crippen molar-refractivity contribution in [3.8, 4) is 0 Å². The second-order valence-corrected chi connectivity index (χ2v) is 7.91. The maximum absolute atomic E-state index is 12.8. The van der Waals surface area contributed by atoms with E-state index in [1.807, 2.05) is 19.9 Å². The van der Waals surface area contributed by atoms with Gasteiger partial charge in [0.1, 0.15) is 6.10 Å². The van der Waals surface area contributed by atoms with Crippen LogP contribution in [0.4, 0.5) is 0 Å². The Balaban J connectivity index is 2.29. The van der Waals surface area contributed by atoms with Crippen molar-refractivity contribution in [1.82, 2.24) is 0 Å². The third-order valence-corrected chi connectivity index (χ3v) is 5.45. The number of rotatable bonds is 7. The molecule has 6 heteroatoms. The van der Waals surface area contributed by atoms with E-state index in [1.165, 1.54) is 6.92 Å². The molecule has 1 saturated carbocycles. The van der Waals surface area contributed by atoms with Crippen LogP contribution in [0, 0.1) is 5.92 Å². The minimum Gasteiger partial charge on any atom is -0.454 e. The summed E-state index contributed by atoms with van der Waals surface area (Å²) < 4.78 is 16.6. The van der Waals surface area contributed by atoms with Gasteiger partial charge >= 0.3 is 11.9 Å². The molecule has 0 unspecified atom stereocenters. The summed E-state index contributed by atoms with van der Waals surface area (Å²) in [6.07, 6.45) is 2.72. The normalized spacial score (nSPS) is 30.0. The fourth-order valence-electron chi connectivity index (χ4n) is 3.43. The lowest BCUT2D eigenvalue weighted by Gasteiger charge is -2.34. The lowest BCUT2D eigenvalue weighted by atomic mass is 9.74. The number of esters is 2. The Morgan fingerprint density at radius 2 is 1.96 bits per heavy atom. The van der Waals surface area contributed by atoms with E-state index in [4.69, 9.17) is 14.2 Å². The van der Waals surface area contributed by atoms with Crippen LogP contribution in [0.1, 0.15) is 54.4 Å². The van der Waals surface area contributed by atoms with Crippen LogP contribution in [0.3, 0.4) is 0 Å². The molecule has 28 heavy (non-hydrogen) atoms. The van der Waals surface area contributed by atoms with Crippen molar-refractivity contribution in [2.24, 2.45) is 5.92 Å². The summed E-state index contributed by atoms with van der Waals surface area (Å²) in [6, 6.07) is 0. The van der Waals surface area contributed by atoms with E-state index >= 15 is 0 Å². The summed E-state index contributed by atoms with van der Waals surface area (Å²) in [6.45, 7) is 14.5. The highest BCUT2D eigenvalue weighted by atomic mass is 16.6. The molecule has 6 nitrogen and oxygen atoms in total. The predicted molar refractivity (Wildman–Crippen MR) is 104 cm³/mol. The van der Waals surface area contributed by atoms with Crippen LogP contribution in [0.2, 0.25) is 0 Å². The minimum atomic E-state index is -0.982. The Bertz CT molecular complexity index is 742. The number of carbonyl (C=O) groups is 3. The maximum Gasteiger partial charge on any atom is 0.333 e. The van der Waals surface area contributed by atoms with Crippen LogP contribution in [0.15, 0.2) is 35.5 Å². The highest BCUT2D eigenvalue weighted by molar-refractivity contribution is 5.96. The molecule has 1 heterocycles. The molecule has 2 rings (SSSR count). The van der Waals surface area contributed by atoms with Crippen molar-refractivity contribution < 1.29 is 28.6 Å². The van der Waals surface area contributed by atoms with E-state index in [1.54, 1.807) is 26.8 Å². The molecule has 5 atom stereocenters. The van der Waals surface area contributed by atoms with Gasteiger partial charge in [0.25, 0.3) is 0 Å². The fourth-order valence-corrected chi connectivity index (χ4v) is 3.43. The molecule has 0 aromatic rings. The number of carbonyl (C=O) groups excluding carboxylic acids is 3. The van der Waals surface area contributed by atoms with Gasteiger partial charge in [-0.15, -0.1) is 0 Å². The summed E-state index contributed by atoms with van der Waals surface area (Å²) in [7, 11) is 0. The molecule has 2 fully saturated rings. The molecule has 0 amide bonds. The van der Waals surface area contributed by atoms with Gasteiger partial charge in [-0.05, 0) is 46.6 Å². The zero-order valence-electron chi connectivity index (χ0n) is 17.5. The highest BCUT2D eigenvalue weighted by Gasteiger charge is 2.66. The Labute approximate surface area is 166 Å². The van der Waals surface area contributed by atoms with E-state index in [0.717, 1.165) is 5.57 Å². The first kappa shape index (κ1) is 22.1. The van der Waals surface area contributed by atoms with Crippen molar-refractivity contribution >= 4 is 17.7 Å². The smallest absolute Gasteiger partial charge is 0.333 e. The number of hydrogen-bond donors (Lipinski definition) is 0. The van der Waals surface area contributed by atoms with Crippen LogP contribution in [0.5, 0.6) is 0 Å². The summed E-state index contributed by atoms with van der Waals surface area (Å²) in [5.74, 6) is -1.70. The van der Waals surface area contributed by atoms with Crippen molar-refractivity contribution in [1.29, 1.82) is 0 Å². The van der Waals surface area contributed by atoms with Gasteiger partial charge < -0.3 is 14.2 Å². The first-order valence-corrected chi connectivity index (χ1v) is 9.56. The largest absolute Gasteiger partial charge is 0.454 e. The molecular weight excluding hydrogens is 360 g/mol. The summed E-state index contributed by atoms with van der Waals surface area (Å²) >= 11 is 0. The van der Waals surface area contributed by atoms with E-state index in [9.17, 15) is 14.4 Å². The zero-order valence-corrected chi connectivity index (χ0v) is 17.5. The maximum atomic E-state index is 12.8. The molecule has 1 aliphatic heterocycles. The molecule has 0 bridgehead atoms. The molecule has 0 N–H and O–H groups in total. The van der Waals surface area contributed by atoms with Gasteiger partial charge in [-0.3, -0.25) is 9.59 Å². The van der Waals surface area contributed by atoms with Crippen molar-refractivity contribution in [2.45, 2.75) is 78.3 Å². The van der Waals surface area contributed by atoms with Crippen LogP contribution in [-0.2, 0) is 28.6 Å². The van der Waals surface area contributed by atoms with Gasteiger partial charge in [-0.2, -0.15) is 0 Å². The van der Waals surface area contributed by atoms with Gasteiger partial charge in [0.05, 0.1) is 6.10 Å². The molecule has 0 aromatic carbocycles. The SMILES string of the molecule is C=C([C@H](CC=C(C)C)OC(=O)C(C)=CC)[C@@H]1C[C@@H]2O[C@]2(C)C(=O)[C@H]1OC(C)=O. The number of epoxide rings is 1. The zero-order chi connectivity index (χ0) is 21.2. The number of allylic oxidation sites excluding steroid dienone is 2. The summed E-state index contributed by atoms with van der Waals surface area (Å²) in [4.78, 5) is 36.8. The minimum absolute atomic E-state index is 0.231. The Kier molecular flexibility index (Phi) is 6.65. The van der Waals surface area contributed by atoms with E-state index in [2.05, 4.69) is 6.58 Å². The van der Waals surface area contributed by atoms with Crippen molar-refractivity contribution in [3.05, 3.63) is 35.5 Å². The molecule has 1 saturated heterocycles. The molecule has 0 aromatic heterocycles. The average molecular weight is 390 g/mol. The lowest BCUT2D eigenvalue weighted by molar-refractivity contribution is -0.159. The Hall–Kier alpha value is -2.21. The van der Waals surface area contributed by atoms with E-state index < -0.39 is 35.7 Å². The van der Waals surface area contributed by atoms with Crippen LogP contribution in [-0.4, -0.2) is 41.6 Å². The standard InChI is InChI=1S/C22H30O6/c1-8-13(4)21(25)27-17(10-9-12(2)3)14(5)16-11-18-22(7,28-18)20(24)19(16)26-15(6)23/h8-9,16-19H,5,10-11H2,1-4,6-7H3/t16-,17-,18-,19-,22-/m0/s1. The fraction of sp³-hybridized carbons (Fsp3) is 0.591. The number of ether oxygens (including phenoxy) is 3. The topological polar surface area (TPSA) is 82.2 Å². The lowest BCUT2D eigenvalue weighted by Crippen LogP contribution is -2.48. The first-order chi connectivity index (χ1) is 13.0. The quantitative estimate of drug-likeness (QED) is 0.287. The van der Waals surface area contributed by atoms with E-state index in [0.29, 0.717) is 24.0 Å². The van der Waals surface area contributed by atoms with Gasteiger partial charge in [-0.1, -0.05) is 24.3 Å². The summed E-state index contributed by atoms with van der Waals surface area (Å²) in [5, 5.41) is 0. The van der Waals surface area contributed by atoms with Gasteiger partial charge in [-0.25, -0.2) is 4.79 Å². The van der Waals surface area contributed by atoms with Crippen LogP contribution in [0.25, 0.3) is 0 Å². The van der Waals surface area contributed by atoms with Crippen LogP contribution >= 0.6 is 0 Å². The summed E-state index contributed by atoms with van der Waals surface area (Å²) in [5.41, 5.74) is 1.23. The van der Waals surface area contributed by atoms with Gasteiger partial charge in [0, 0.05) is 24.8 Å². The average Bonchev–Trinajstić information content (AvgIpc) is 3.30. The molecular formula is C22H30O6. The van der Waals surface area contributed by atoms with Crippen LogP contribution < -0.4 is 0 Å².